The maximum absolute atomic E-state index is 12.6. The predicted octanol–water partition coefficient (Wildman–Crippen LogP) is 2.36. The van der Waals surface area contributed by atoms with E-state index >= 15 is 0 Å². The van der Waals surface area contributed by atoms with Gasteiger partial charge >= 0.3 is 0 Å². The zero-order valence-corrected chi connectivity index (χ0v) is 15.1. The van der Waals surface area contributed by atoms with Crippen LogP contribution in [0.1, 0.15) is 16.1 Å². The standard InChI is InChI=1S/C17H10ClN3O2S2/c18-12-6-2-1-4-10(12)8-13-15(22)19-17-21(20-13)16(23)14(25-17)9-11-5-3-7-24-11/h1-7,9H,8H2/b14-9+. The van der Waals surface area contributed by atoms with E-state index in [9.17, 15) is 9.59 Å². The molecule has 0 aliphatic rings. The summed E-state index contributed by atoms with van der Waals surface area (Å²) < 4.78 is 1.69. The van der Waals surface area contributed by atoms with Gasteiger partial charge in [-0.3, -0.25) is 9.59 Å². The monoisotopic (exact) mass is 387 g/mol. The van der Waals surface area contributed by atoms with Gasteiger partial charge in [-0.15, -0.1) is 11.3 Å². The highest BCUT2D eigenvalue weighted by atomic mass is 35.5. The third-order valence-corrected chi connectivity index (χ3v) is 5.73. The minimum atomic E-state index is -0.441. The van der Waals surface area contributed by atoms with Crippen molar-refractivity contribution >= 4 is 45.3 Å². The number of thiazole rings is 1. The molecule has 4 aromatic rings. The van der Waals surface area contributed by atoms with Crippen molar-refractivity contribution in [2.75, 3.05) is 0 Å². The summed E-state index contributed by atoms with van der Waals surface area (Å²) in [4.78, 5) is 30.1. The molecule has 3 aromatic heterocycles. The summed E-state index contributed by atoms with van der Waals surface area (Å²) in [6.45, 7) is 0. The molecular formula is C17H10ClN3O2S2. The molecule has 0 saturated heterocycles. The van der Waals surface area contributed by atoms with Crippen molar-refractivity contribution in [3.63, 3.8) is 0 Å². The molecule has 25 heavy (non-hydrogen) atoms. The van der Waals surface area contributed by atoms with Crippen molar-refractivity contribution in [3.8, 4) is 0 Å². The summed E-state index contributed by atoms with van der Waals surface area (Å²) in [6, 6.07) is 11.0. The lowest BCUT2D eigenvalue weighted by Gasteiger charge is -2.02. The van der Waals surface area contributed by atoms with Crippen LogP contribution in [0.25, 0.3) is 11.0 Å². The smallest absolute Gasteiger partial charge is 0.266 e. The molecule has 0 spiro atoms. The molecule has 0 aliphatic heterocycles. The molecule has 124 valence electrons. The fourth-order valence-corrected chi connectivity index (χ4v) is 4.21. The molecule has 0 atom stereocenters. The van der Waals surface area contributed by atoms with Crippen LogP contribution in [-0.2, 0) is 6.42 Å². The average Bonchev–Trinajstić information content (AvgIpc) is 3.20. The molecule has 4 rings (SSSR count). The van der Waals surface area contributed by atoms with Crippen molar-refractivity contribution in [3.05, 3.63) is 88.2 Å². The van der Waals surface area contributed by atoms with Gasteiger partial charge in [-0.05, 0) is 29.2 Å². The number of hydrogen-bond donors (Lipinski definition) is 0. The largest absolute Gasteiger partial charge is 0.296 e. The fraction of sp³-hybridized carbons (Fsp3) is 0.0588. The lowest BCUT2D eigenvalue weighted by molar-refractivity contribution is 0.811. The molecule has 0 amide bonds. The minimum absolute atomic E-state index is 0.197. The Morgan fingerprint density at radius 2 is 2.00 bits per heavy atom. The predicted molar refractivity (Wildman–Crippen MR) is 101 cm³/mol. The molecule has 8 heteroatoms. The lowest BCUT2D eigenvalue weighted by Crippen LogP contribution is -2.28. The van der Waals surface area contributed by atoms with Crippen LogP contribution in [0.15, 0.2) is 51.4 Å². The first-order chi connectivity index (χ1) is 12.1. The third-order valence-electron chi connectivity index (χ3n) is 3.58. The molecule has 0 fully saturated rings. The van der Waals surface area contributed by atoms with Gasteiger partial charge in [0.15, 0.2) is 0 Å². The number of benzene rings is 1. The number of halogens is 1. The van der Waals surface area contributed by atoms with Crippen LogP contribution >= 0.6 is 34.3 Å². The first-order valence-corrected chi connectivity index (χ1v) is 9.40. The SMILES string of the molecule is O=c1nc2s/c(=C/c3cccs3)c(=O)n2nc1Cc1ccccc1Cl. The van der Waals surface area contributed by atoms with Crippen LogP contribution in [0.2, 0.25) is 5.02 Å². The number of rotatable bonds is 3. The Bertz CT molecular complexity index is 1230. The van der Waals surface area contributed by atoms with E-state index in [4.69, 9.17) is 11.6 Å². The highest BCUT2D eigenvalue weighted by Crippen LogP contribution is 2.16. The third kappa shape index (κ3) is 3.13. The molecule has 0 N–H and O–H groups in total. The molecule has 3 heterocycles. The summed E-state index contributed by atoms with van der Waals surface area (Å²) in [5.41, 5.74) is 0.247. The zero-order valence-electron chi connectivity index (χ0n) is 12.7. The maximum atomic E-state index is 12.6. The van der Waals surface area contributed by atoms with Gasteiger partial charge in [-0.25, -0.2) is 0 Å². The Morgan fingerprint density at radius 1 is 1.16 bits per heavy atom. The number of nitrogens with zero attached hydrogens (tertiary/aromatic N) is 3. The second-order valence-electron chi connectivity index (χ2n) is 5.26. The number of fused-ring (bicyclic) bond motifs is 1. The van der Waals surface area contributed by atoms with Gasteiger partial charge in [0, 0.05) is 16.3 Å². The molecule has 5 nitrogen and oxygen atoms in total. The average molecular weight is 388 g/mol. The van der Waals surface area contributed by atoms with E-state index in [2.05, 4.69) is 10.1 Å². The first-order valence-electron chi connectivity index (χ1n) is 7.33. The van der Waals surface area contributed by atoms with Crippen LogP contribution in [0, 0.1) is 0 Å². The van der Waals surface area contributed by atoms with E-state index in [1.807, 2.05) is 35.7 Å². The Labute approximate surface area is 154 Å². The summed E-state index contributed by atoms with van der Waals surface area (Å²) in [7, 11) is 0. The number of aromatic nitrogens is 3. The van der Waals surface area contributed by atoms with Gasteiger partial charge in [-0.2, -0.15) is 14.6 Å². The normalized spacial score (nSPS) is 12.1. The maximum Gasteiger partial charge on any atom is 0.296 e. The Balaban J connectivity index is 1.85. The van der Waals surface area contributed by atoms with Gasteiger partial charge in [0.2, 0.25) is 4.96 Å². The fourth-order valence-electron chi connectivity index (χ4n) is 2.38. The molecule has 0 radical (unpaired) electrons. The van der Waals surface area contributed by atoms with Crippen LogP contribution < -0.4 is 15.7 Å². The molecule has 0 saturated carbocycles. The molecular weight excluding hydrogens is 378 g/mol. The van der Waals surface area contributed by atoms with Gasteiger partial charge in [0.1, 0.15) is 5.69 Å². The second kappa shape index (κ2) is 6.51. The van der Waals surface area contributed by atoms with Gasteiger partial charge in [0.05, 0.1) is 4.53 Å². The van der Waals surface area contributed by atoms with E-state index in [-0.39, 0.29) is 17.7 Å². The molecule has 1 aromatic carbocycles. The van der Waals surface area contributed by atoms with Gasteiger partial charge in [0.25, 0.3) is 11.1 Å². The Kier molecular flexibility index (Phi) is 4.20. The van der Waals surface area contributed by atoms with E-state index in [1.165, 1.54) is 15.9 Å². The highest BCUT2D eigenvalue weighted by molar-refractivity contribution is 7.15. The summed E-state index contributed by atoms with van der Waals surface area (Å²) >= 11 is 8.83. The second-order valence-corrected chi connectivity index (χ2v) is 7.65. The van der Waals surface area contributed by atoms with Crippen molar-refractivity contribution in [1.29, 1.82) is 0 Å². The highest BCUT2D eigenvalue weighted by Gasteiger charge is 2.12. The van der Waals surface area contributed by atoms with Crippen molar-refractivity contribution < 1.29 is 0 Å². The minimum Gasteiger partial charge on any atom is -0.266 e. The van der Waals surface area contributed by atoms with Crippen LogP contribution in [-0.4, -0.2) is 14.6 Å². The number of thiophene rings is 1. The summed E-state index contributed by atoms with van der Waals surface area (Å²) in [6.07, 6.45) is 2.01. The van der Waals surface area contributed by atoms with Crippen molar-refractivity contribution in [2.45, 2.75) is 6.42 Å². The number of hydrogen-bond acceptors (Lipinski definition) is 6. The molecule has 0 unspecified atom stereocenters. The van der Waals surface area contributed by atoms with E-state index < -0.39 is 5.56 Å². The summed E-state index contributed by atoms with van der Waals surface area (Å²) in [5.74, 6) is 0. The quantitative estimate of drug-likeness (QED) is 0.541. The van der Waals surface area contributed by atoms with Gasteiger partial charge < -0.3 is 0 Å². The van der Waals surface area contributed by atoms with Gasteiger partial charge in [-0.1, -0.05) is 47.2 Å². The van der Waals surface area contributed by atoms with Crippen LogP contribution in [0.5, 0.6) is 0 Å². The van der Waals surface area contributed by atoms with Crippen LogP contribution in [0.4, 0.5) is 0 Å². The molecule has 0 bridgehead atoms. The summed E-state index contributed by atoms with van der Waals surface area (Å²) in [5, 5.41) is 6.71. The lowest BCUT2D eigenvalue weighted by atomic mass is 10.1. The van der Waals surface area contributed by atoms with Crippen molar-refractivity contribution in [2.24, 2.45) is 0 Å². The zero-order chi connectivity index (χ0) is 17.4. The topological polar surface area (TPSA) is 64.3 Å². The first kappa shape index (κ1) is 16.1. The van der Waals surface area contributed by atoms with Crippen LogP contribution in [0.3, 0.4) is 0 Å². The molecule has 0 aliphatic carbocycles. The van der Waals surface area contributed by atoms with E-state index in [1.54, 1.807) is 12.1 Å². The van der Waals surface area contributed by atoms with E-state index in [0.29, 0.717) is 14.5 Å². The Hall–Kier alpha value is -2.35. The van der Waals surface area contributed by atoms with Crippen molar-refractivity contribution in [1.82, 2.24) is 14.6 Å². The van der Waals surface area contributed by atoms with E-state index in [0.717, 1.165) is 21.8 Å². The Morgan fingerprint density at radius 3 is 2.76 bits per heavy atom.